The number of fused-ring (bicyclic) bond motifs is 1. The van der Waals surface area contributed by atoms with Crippen LogP contribution in [0, 0.1) is 5.92 Å². The highest BCUT2D eigenvalue weighted by Crippen LogP contribution is 2.53. The van der Waals surface area contributed by atoms with Crippen molar-refractivity contribution in [3.63, 3.8) is 0 Å². The summed E-state index contributed by atoms with van der Waals surface area (Å²) in [6, 6.07) is 10.7. The van der Waals surface area contributed by atoms with Crippen molar-refractivity contribution in [1.82, 2.24) is 19.8 Å². The number of rotatable bonds is 4. The van der Waals surface area contributed by atoms with Gasteiger partial charge in [0.2, 0.25) is 0 Å². The summed E-state index contributed by atoms with van der Waals surface area (Å²) in [5.41, 5.74) is 1.21. The SMILES string of the molecule is O=C(NCCn1ccnc1)N1C[C@@H]2CCCC[C@@]21c1ccccc1. The lowest BCUT2D eigenvalue weighted by molar-refractivity contribution is -0.0793. The van der Waals surface area contributed by atoms with Gasteiger partial charge < -0.3 is 14.8 Å². The van der Waals surface area contributed by atoms with Crippen LogP contribution in [0.3, 0.4) is 0 Å². The van der Waals surface area contributed by atoms with E-state index in [4.69, 9.17) is 0 Å². The molecule has 0 bridgehead atoms. The van der Waals surface area contributed by atoms with Crippen LogP contribution in [0.15, 0.2) is 49.1 Å². The number of nitrogens with one attached hydrogen (secondary N) is 1. The molecule has 1 saturated heterocycles. The minimum absolute atomic E-state index is 0.0668. The highest BCUT2D eigenvalue weighted by molar-refractivity contribution is 5.77. The quantitative estimate of drug-likeness (QED) is 0.940. The molecule has 24 heavy (non-hydrogen) atoms. The summed E-state index contributed by atoms with van der Waals surface area (Å²) in [7, 11) is 0. The van der Waals surface area contributed by atoms with Crippen LogP contribution in [0.25, 0.3) is 0 Å². The first-order valence-electron chi connectivity index (χ1n) is 8.87. The number of hydrogen-bond donors (Lipinski definition) is 1. The van der Waals surface area contributed by atoms with E-state index in [-0.39, 0.29) is 11.6 Å². The zero-order chi connectivity index (χ0) is 16.4. The molecule has 2 fully saturated rings. The molecule has 126 valence electrons. The third-order valence-corrected chi connectivity index (χ3v) is 5.64. The second-order valence-corrected chi connectivity index (χ2v) is 6.88. The second kappa shape index (κ2) is 6.30. The van der Waals surface area contributed by atoms with Gasteiger partial charge in [-0.2, -0.15) is 0 Å². The monoisotopic (exact) mass is 324 g/mol. The molecule has 5 heteroatoms. The van der Waals surface area contributed by atoms with E-state index in [9.17, 15) is 4.79 Å². The van der Waals surface area contributed by atoms with Crippen LogP contribution < -0.4 is 5.32 Å². The molecule has 0 spiro atoms. The Hall–Kier alpha value is -2.30. The maximum Gasteiger partial charge on any atom is 0.318 e. The van der Waals surface area contributed by atoms with Crippen molar-refractivity contribution >= 4 is 6.03 Å². The van der Waals surface area contributed by atoms with Crippen LogP contribution in [0.2, 0.25) is 0 Å². The van der Waals surface area contributed by atoms with E-state index in [0.717, 1.165) is 19.5 Å². The molecule has 5 nitrogen and oxygen atoms in total. The Morgan fingerprint density at radius 1 is 1.29 bits per heavy atom. The molecular formula is C19H24N4O. The van der Waals surface area contributed by atoms with E-state index < -0.39 is 0 Å². The Kier molecular flexibility index (Phi) is 4.00. The van der Waals surface area contributed by atoms with Crippen LogP contribution >= 0.6 is 0 Å². The molecule has 1 aliphatic carbocycles. The Bertz CT molecular complexity index is 685. The van der Waals surface area contributed by atoms with Gasteiger partial charge >= 0.3 is 6.03 Å². The molecule has 0 unspecified atom stereocenters. The fourth-order valence-corrected chi connectivity index (χ4v) is 4.43. The van der Waals surface area contributed by atoms with Crippen molar-refractivity contribution in [2.75, 3.05) is 13.1 Å². The van der Waals surface area contributed by atoms with Gasteiger partial charge in [0, 0.05) is 37.9 Å². The van der Waals surface area contributed by atoms with Crippen LogP contribution in [0.4, 0.5) is 4.79 Å². The molecule has 1 aromatic heterocycles. The van der Waals surface area contributed by atoms with Gasteiger partial charge in [-0.25, -0.2) is 9.78 Å². The average Bonchev–Trinajstić information content (AvgIpc) is 3.10. The van der Waals surface area contributed by atoms with Crippen molar-refractivity contribution in [2.45, 2.75) is 37.8 Å². The van der Waals surface area contributed by atoms with Gasteiger partial charge in [-0.3, -0.25) is 0 Å². The highest BCUT2D eigenvalue weighted by Gasteiger charge is 2.56. The summed E-state index contributed by atoms with van der Waals surface area (Å²) >= 11 is 0. The maximum atomic E-state index is 12.8. The first kappa shape index (κ1) is 15.2. The number of urea groups is 1. The number of amides is 2. The maximum absolute atomic E-state index is 12.8. The fraction of sp³-hybridized carbons (Fsp3) is 0.474. The summed E-state index contributed by atoms with van der Waals surface area (Å²) in [5, 5.41) is 3.09. The van der Waals surface area contributed by atoms with Crippen molar-refractivity contribution in [3.8, 4) is 0 Å². The third kappa shape index (κ3) is 2.48. The summed E-state index contributed by atoms with van der Waals surface area (Å²) in [6.45, 7) is 2.26. The minimum atomic E-state index is -0.0847. The van der Waals surface area contributed by atoms with Crippen molar-refractivity contribution in [2.24, 2.45) is 5.92 Å². The molecule has 0 radical (unpaired) electrons. The lowest BCUT2D eigenvalue weighted by atomic mass is 9.62. The molecule has 1 aliphatic heterocycles. The summed E-state index contributed by atoms with van der Waals surface area (Å²) in [6.07, 6.45) is 10.2. The molecular weight excluding hydrogens is 300 g/mol. The zero-order valence-electron chi connectivity index (χ0n) is 13.9. The van der Waals surface area contributed by atoms with E-state index >= 15 is 0 Å². The molecule has 2 aliphatic rings. The third-order valence-electron chi connectivity index (χ3n) is 5.64. The average molecular weight is 324 g/mol. The molecule has 2 aromatic rings. The Morgan fingerprint density at radius 2 is 2.17 bits per heavy atom. The number of imidazole rings is 1. The zero-order valence-corrected chi connectivity index (χ0v) is 13.9. The van der Waals surface area contributed by atoms with Gasteiger partial charge in [-0.15, -0.1) is 0 Å². The predicted octanol–water partition coefficient (Wildman–Crippen LogP) is 2.99. The molecule has 1 aromatic carbocycles. The van der Waals surface area contributed by atoms with Gasteiger partial charge in [-0.1, -0.05) is 43.2 Å². The van der Waals surface area contributed by atoms with E-state index in [0.29, 0.717) is 12.5 Å². The van der Waals surface area contributed by atoms with E-state index in [1.54, 1.807) is 12.5 Å². The van der Waals surface area contributed by atoms with Gasteiger partial charge in [0.25, 0.3) is 0 Å². The number of nitrogens with zero attached hydrogens (tertiary/aromatic N) is 3. The summed E-state index contributed by atoms with van der Waals surface area (Å²) in [5.74, 6) is 0.605. The molecule has 1 saturated carbocycles. The molecule has 1 N–H and O–H groups in total. The van der Waals surface area contributed by atoms with E-state index in [1.807, 2.05) is 16.8 Å². The molecule has 4 rings (SSSR count). The lowest BCUT2D eigenvalue weighted by Crippen LogP contribution is -2.69. The summed E-state index contributed by atoms with van der Waals surface area (Å²) in [4.78, 5) is 18.9. The van der Waals surface area contributed by atoms with Gasteiger partial charge in [-0.05, 0) is 18.4 Å². The van der Waals surface area contributed by atoms with Crippen LogP contribution in [0.1, 0.15) is 31.2 Å². The van der Waals surface area contributed by atoms with Crippen molar-refractivity contribution in [1.29, 1.82) is 0 Å². The first-order chi connectivity index (χ1) is 11.8. The Balaban J connectivity index is 1.47. The van der Waals surface area contributed by atoms with Crippen LogP contribution in [0.5, 0.6) is 0 Å². The van der Waals surface area contributed by atoms with Gasteiger partial charge in [0.15, 0.2) is 0 Å². The number of carbonyl (C=O) groups excluding carboxylic acids is 1. The highest BCUT2D eigenvalue weighted by atomic mass is 16.2. The lowest BCUT2D eigenvalue weighted by Gasteiger charge is -2.61. The Morgan fingerprint density at radius 3 is 2.92 bits per heavy atom. The number of benzene rings is 1. The second-order valence-electron chi connectivity index (χ2n) is 6.88. The first-order valence-corrected chi connectivity index (χ1v) is 8.87. The number of likely N-dealkylation sites (tertiary alicyclic amines) is 1. The molecule has 2 amide bonds. The van der Waals surface area contributed by atoms with E-state index in [2.05, 4.69) is 39.5 Å². The van der Waals surface area contributed by atoms with Crippen molar-refractivity contribution in [3.05, 3.63) is 54.6 Å². The molecule has 2 atom stereocenters. The van der Waals surface area contributed by atoms with Gasteiger partial charge in [0.05, 0.1) is 11.9 Å². The molecule has 2 heterocycles. The minimum Gasteiger partial charge on any atom is -0.336 e. The number of hydrogen-bond acceptors (Lipinski definition) is 2. The number of carbonyl (C=O) groups is 1. The number of aromatic nitrogens is 2. The topological polar surface area (TPSA) is 50.2 Å². The smallest absolute Gasteiger partial charge is 0.318 e. The fourth-order valence-electron chi connectivity index (χ4n) is 4.43. The van der Waals surface area contributed by atoms with Gasteiger partial charge in [0.1, 0.15) is 0 Å². The van der Waals surface area contributed by atoms with Crippen LogP contribution in [-0.2, 0) is 12.1 Å². The van der Waals surface area contributed by atoms with Crippen LogP contribution in [-0.4, -0.2) is 33.6 Å². The van der Waals surface area contributed by atoms with E-state index in [1.165, 1.54) is 24.8 Å². The standard InChI is InChI=1S/C19H24N4O/c24-18(21-11-13-22-12-10-20-15-22)23-14-17-8-4-5-9-19(17,23)16-6-2-1-3-7-16/h1-3,6-7,10,12,15,17H,4-5,8-9,11,13-14H2,(H,21,24)/t17-,19+/m0/s1. The summed E-state index contributed by atoms with van der Waals surface area (Å²) < 4.78 is 1.98. The normalized spacial score (nSPS) is 25.7. The largest absolute Gasteiger partial charge is 0.336 e. The predicted molar refractivity (Wildman–Crippen MR) is 92.4 cm³/mol. The Labute approximate surface area is 142 Å². The van der Waals surface area contributed by atoms with Crippen molar-refractivity contribution < 1.29 is 4.79 Å².